The van der Waals surface area contributed by atoms with Crippen LogP contribution < -0.4 is 10.6 Å². The van der Waals surface area contributed by atoms with Crippen molar-refractivity contribution in [3.05, 3.63) is 52.1 Å². The topological polar surface area (TPSA) is 113 Å². The van der Waals surface area contributed by atoms with Crippen molar-refractivity contribution in [1.29, 1.82) is 0 Å². The number of rotatable bonds is 5. The van der Waals surface area contributed by atoms with E-state index >= 15 is 0 Å². The van der Waals surface area contributed by atoms with Crippen molar-refractivity contribution >= 4 is 17.3 Å². The highest BCUT2D eigenvalue weighted by Crippen LogP contribution is 2.28. The summed E-state index contributed by atoms with van der Waals surface area (Å²) < 4.78 is 0. The van der Waals surface area contributed by atoms with Crippen LogP contribution in [0.5, 0.6) is 0 Å². The number of aromatic amines is 1. The Morgan fingerprint density at radius 1 is 1.48 bits per heavy atom. The maximum Gasteiger partial charge on any atom is 0.292 e. The molecule has 1 amide bonds. The predicted molar refractivity (Wildman–Crippen MR) is 77.1 cm³/mol. The first kappa shape index (κ1) is 14.5. The lowest BCUT2D eigenvalue weighted by Crippen LogP contribution is -2.18. The van der Waals surface area contributed by atoms with Gasteiger partial charge in [-0.15, -0.1) is 0 Å². The third-order valence-corrected chi connectivity index (χ3v) is 2.98. The van der Waals surface area contributed by atoms with Gasteiger partial charge in [-0.2, -0.15) is 0 Å². The van der Waals surface area contributed by atoms with E-state index in [1.54, 1.807) is 12.4 Å². The van der Waals surface area contributed by atoms with E-state index < -0.39 is 4.92 Å². The summed E-state index contributed by atoms with van der Waals surface area (Å²) in [5.41, 5.74) is 0.517. The number of anilines is 1. The smallest absolute Gasteiger partial charge is 0.292 e. The molecule has 8 nitrogen and oxygen atoms in total. The molecule has 0 aliphatic rings. The summed E-state index contributed by atoms with van der Waals surface area (Å²) in [4.78, 5) is 29.2. The summed E-state index contributed by atoms with van der Waals surface area (Å²) >= 11 is 0. The number of hydrogen-bond donors (Lipinski definition) is 3. The van der Waals surface area contributed by atoms with Crippen molar-refractivity contribution in [2.24, 2.45) is 0 Å². The zero-order valence-electron chi connectivity index (χ0n) is 11.6. The molecule has 0 radical (unpaired) electrons. The van der Waals surface area contributed by atoms with Crippen molar-refractivity contribution < 1.29 is 9.72 Å². The van der Waals surface area contributed by atoms with E-state index in [9.17, 15) is 14.9 Å². The molecule has 0 saturated heterocycles. The van der Waals surface area contributed by atoms with Gasteiger partial charge in [0.25, 0.3) is 11.6 Å². The molecular formula is C13H15N5O3. The number of carbonyl (C=O) groups excluding carboxylic acids is 1. The third kappa shape index (κ3) is 3.16. The van der Waals surface area contributed by atoms with Crippen LogP contribution in [0.15, 0.2) is 30.6 Å². The van der Waals surface area contributed by atoms with Gasteiger partial charge in [-0.1, -0.05) is 0 Å². The summed E-state index contributed by atoms with van der Waals surface area (Å²) in [5, 5.41) is 16.6. The van der Waals surface area contributed by atoms with Gasteiger partial charge in [-0.05, 0) is 19.1 Å². The largest absolute Gasteiger partial charge is 0.370 e. The van der Waals surface area contributed by atoms with Crippen LogP contribution in [-0.2, 0) is 0 Å². The molecule has 2 rings (SSSR count). The molecule has 0 fully saturated rings. The molecule has 0 spiro atoms. The van der Waals surface area contributed by atoms with Gasteiger partial charge in [0.05, 0.1) is 11.0 Å². The van der Waals surface area contributed by atoms with Crippen LogP contribution in [0.1, 0.15) is 29.1 Å². The third-order valence-electron chi connectivity index (χ3n) is 2.98. The Morgan fingerprint density at radius 3 is 2.81 bits per heavy atom. The average molecular weight is 289 g/mol. The Hall–Kier alpha value is -2.90. The molecule has 0 aliphatic heterocycles. The molecule has 1 aromatic heterocycles. The zero-order valence-corrected chi connectivity index (χ0v) is 11.6. The van der Waals surface area contributed by atoms with E-state index in [1.165, 1.54) is 25.2 Å². The first-order chi connectivity index (χ1) is 10.0. The summed E-state index contributed by atoms with van der Waals surface area (Å²) in [6.45, 7) is 1.81. The van der Waals surface area contributed by atoms with Gasteiger partial charge in [0, 0.05) is 31.1 Å². The average Bonchev–Trinajstić information content (AvgIpc) is 3.00. The number of H-pyrrole nitrogens is 1. The molecule has 1 aromatic carbocycles. The molecule has 110 valence electrons. The minimum Gasteiger partial charge on any atom is -0.370 e. The molecular weight excluding hydrogens is 274 g/mol. The van der Waals surface area contributed by atoms with Gasteiger partial charge in [-0.25, -0.2) is 4.98 Å². The Morgan fingerprint density at radius 2 is 2.24 bits per heavy atom. The quantitative estimate of drug-likeness (QED) is 0.574. The van der Waals surface area contributed by atoms with Crippen LogP contribution in [0, 0.1) is 10.1 Å². The fourth-order valence-electron chi connectivity index (χ4n) is 1.91. The van der Waals surface area contributed by atoms with E-state index in [0.29, 0.717) is 11.4 Å². The molecule has 1 unspecified atom stereocenters. The van der Waals surface area contributed by atoms with E-state index in [0.717, 1.165) is 0 Å². The van der Waals surface area contributed by atoms with Crippen LogP contribution in [0.4, 0.5) is 11.4 Å². The maximum absolute atomic E-state index is 11.6. The summed E-state index contributed by atoms with van der Waals surface area (Å²) in [5.74, 6) is 0.341. The Kier molecular flexibility index (Phi) is 4.17. The molecule has 0 bridgehead atoms. The maximum atomic E-state index is 11.6. The molecule has 0 aliphatic carbocycles. The highest BCUT2D eigenvalue weighted by atomic mass is 16.6. The van der Waals surface area contributed by atoms with E-state index in [-0.39, 0.29) is 23.3 Å². The number of nitro groups is 1. The summed E-state index contributed by atoms with van der Waals surface area (Å²) in [7, 11) is 1.50. The lowest BCUT2D eigenvalue weighted by Gasteiger charge is -2.14. The van der Waals surface area contributed by atoms with Crippen LogP contribution in [-0.4, -0.2) is 27.8 Å². The molecule has 1 heterocycles. The number of hydrogen-bond acceptors (Lipinski definition) is 5. The fourth-order valence-corrected chi connectivity index (χ4v) is 1.91. The first-order valence-electron chi connectivity index (χ1n) is 6.29. The zero-order chi connectivity index (χ0) is 15.4. The Labute approximate surface area is 120 Å². The normalized spacial score (nSPS) is 11.7. The monoisotopic (exact) mass is 289 g/mol. The predicted octanol–water partition coefficient (Wildman–Crippen LogP) is 1.85. The van der Waals surface area contributed by atoms with Gasteiger partial charge in [-0.3, -0.25) is 14.9 Å². The van der Waals surface area contributed by atoms with E-state index in [2.05, 4.69) is 20.6 Å². The lowest BCUT2D eigenvalue weighted by atomic mass is 10.1. The second-order valence-electron chi connectivity index (χ2n) is 4.41. The first-order valence-corrected chi connectivity index (χ1v) is 6.29. The lowest BCUT2D eigenvalue weighted by molar-refractivity contribution is -0.384. The number of nitrogens with one attached hydrogen (secondary N) is 3. The van der Waals surface area contributed by atoms with Crippen molar-refractivity contribution in [3.63, 3.8) is 0 Å². The number of nitrogens with zero attached hydrogens (tertiary/aromatic N) is 2. The number of nitro benzene ring substituents is 1. The standard InChI is InChI=1S/C13H15N5O3/c1-8(12-15-5-6-16-12)17-10-7-9(13(19)14-2)3-4-11(10)18(20)21/h3-8,17H,1-2H3,(H,14,19)(H,15,16). The second kappa shape index (κ2) is 6.04. The van der Waals surface area contributed by atoms with Crippen molar-refractivity contribution in [3.8, 4) is 0 Å². The van der Waals surface area contributed by atoms with Crippen LogP contribution in [0.25, 0.3) is 0 Å². The molecule has 0 saturated carbocycles. The van der Waals surface area contributed by atoms with Crippen molar-refractivity contribution in [1.82, 2.24) is 15.3 Å². The molecule has 8 heteroatoms. The Bertz CT molecular complexity index is 654. The number of benzene rings is 1. The van der Waals surface area contributed by atoms with Gasteiger partial charge >= 0.3 is 0 Å². The SMILES string of the molecule is CNC(=O)c1ccc([N+](=O)[O-])c(NC(C)c2ncc[nH]2)c1. The van der Waals surface area contributed by atoms with E-state index in [1.807, 2.05) is 6.92 Å². The second-order valence-corrected chi connectivity index (χ2v) is 4.41. The van der Waals surface area contributed by atoms with Crippen LogP contribution >= 0.6 is 0 Å². The van der Waals surface area contributed by atoms with Crippen LogP contribution in [0.3, 0.4) is 0 Å². The van der Waals surface area contributed by atoms with Gasteiger partial charge < -0.3 is 15.6 Å². The number of imidazole rings is 1. The van der Waals surface area contributed by atoms with Gasteiger partial charge in [0.1, 0.15) is 11.5 Å². The highest BCUT2D eigenvalue weighted by Gasteiger charge is 2.19. The van der Waals surface area contributed by atoms with E-state index in [4.69, 9.17) is 0 Å². The summed E-state index contributed by atoms with van der Waals surface area (Å²) in [6, 6.07) is 3.91. The van der Waals surface area contributed by atoms with Crippen LogP contribution in [0.2, 0.25) is 0 Å². The highest BCUT2D eigenvalue weighted by molar-refractivity contribution is 5.95. The number of amides is 1. The summed E-state index contributed by atoms with van der Waals surface area (Å²) in [6.07, 6.45) is 3.27. The number of aromatic nitrogens is 2. The fraction of sp³-hybridized carbons (Fsp3) is 0.231. The number of carbonyl (C=O) groups is 1. The Balaban J connectivity index is 2.34. The molecule has 3 N–H and O–H groups in total. The molecule has 2 aromatic rings. The molecule has 21 heavy (non-hydrogen) atoms. The van der Waals surface area contributed by atoms with Crippen molar-refractivity contribution in [2.75, 3.05) is 12.4 Å². The van der Waals surface area contributed by atoms with Gasteiger partial charge in [0.2, 0.25) is 0 Å². The van der Waals surface area contributed by atoms with Crippen molar-refractivity contribution in [2.45, 2.75) is 13.0 Å². The molecule has 1 atom stereocenters. The minimum atomic E-state index is -0.495. The van der Waals surface area contributed by atoms with Gasteiger partial charge in [0.15, 0.2) is 0 Å². The minimum absolute atomic E-state index is 0.0962.